The topological polar surface area (TPSA) is 95.9 Å². The fourth-order valence-corrected chi connectivity index (χ4v) is 14.8. The van der Waals surface area contributed by atoms with Crippen LogP contribution in [0.5, 0.6) is 0 Å². The van der Waals surface area contributed by atoms with E-state index in [0.717, 1.165) is 51.6 Å². The van der Waals surface area contributed by atoms with Crippen LogP contribution in [0.25, 0.3) is 0 Å². The van der Waals surface area contributed by atoms with Crippen molar-refractivity contribution in [1.29, 1.82) is 0 Å². The van der Waals surface area contributed by atoms with Crippen molar-refractivity contribution < 1.29 is 24.2 Å². The Hall–Kier alpha value is -1.89. The van der Waals surface area contributed by atoms with E-state index in [4.69, 9.17) is 4.74 Å². The molecule has 7 heteroatoms. The molecule has 0 aromatic heterocycles. The molecule has 0 aromatic rings. The summed E-state index contributed by atoms with van der Waals surface area (Å²) in [6, 6.07) is 0. The molecule has 294 valence electrons. The smallest absolute Gasteiger partial charge is 0.306 e. The average Bonchev–Trinajstić information content (AvgIpc) is 3.69. The number of fused-ring (bicyclic) bond motifs is 7. The number of likely N-dealkylation sites (tertiary alicyclic amines) is 1. The number of hydrogen-bond acceptors (Lipinski definition) is 5. The molecule has 7 nitrogen and oxygen atoms in total. The number of rotatable bonds is 12. The number of amides is 1. The zero-order chi connectivity index (χ0) is 37.9. The fraction of sp³-hybridized carbons (Fsp3) is 0.889. The van der Waals surface area contributed by atoms with E-state index in [1.807, 2.05) is 13.8 Å². The van der Waals surface area contributed by atoms with Crippen LogP contribution in [0.1, 0.15) is 158 Å². The molecule has 1 heterocycles. The average molecular weight is 723 g/mol. The minimum atomic E-state index is -0.879. The Balaban J connectivity index is 1.17. The molecule has 0 radical (unpaired) electrons. The van der Waals surface area contributed by atoms with Crippen LogP contribution in [0.4, 0.5) is 0 Å². The van der Waals surface area contributed by atoms with Crippen molar-refractivity contribution in [3.63, 3.8) is 0 Å². The molecule has 52 heavy (non-hydrogen) atoms. The number of esters is 1. The summed E-state index contributed by atoms with van der Waals surface area (Å²) in [5, 5.41) is 12.7. The third-order valence-electron chi connectivity index (χ3n) is 17.4. The summed E-state index contributed by atoms with van der Waals surface area (Å²) in [5.74, 6) is 1.85. The van der Waals surface area contributed by atoms with Crippen molar-refractivity contribution in [1.82, 2.24) is 10.2 Å². The zero-order valence-corrected chi connectivity index (χ0v) is 34.3. The summed E-state index contributed by atoms with van der Waals surface area (Å²) >= 11 is 0. The van der Waals surface area contributed by atoms with E-state index in [0.29, 0.717) is 36.0 Å². The number of nitrogens with zero attached hydrogens (tertiary/aromatic N) is 1. The number of carboxylic acid groups (broad SMARTS) is 1. The van der Waals surface area contributed by atoms with E-state index in [9.17, 15) is 19.5 Å². The number of ether oxygens (including phenoxy) is 1. The number of aliphatic carboxylic acids is 1. The molecule has 0 aromatic carbocycles. The Labute approximate surface area is 316 Å². The van der Waals surface area contributed by atoms with Crippen LogP contribution < -0.4 is 5.32 Å². The molecule has 1 amide bonds. The molecule has 6 aliphatic rings. The Morgan fingerprint density at radius 2 is 1.58 bits per heavy atom. The first kappa shape index (κ1) is 39.8. The molecule has 10 atom stereocenters. The molecular formula is C45H74N2O5. The minimum Gasteiger partial charge on any atom is -0.481 e. The van der Waals surface area contributed by atoms with Crippen molar-refractivity contribution in [2.45, 2.75) is 164 Å². The number of carbonyl (C=O) groups is 3. The van der Waals surface area contributed by atoms with Crippen LogP contribution >= 0.6 is 0 Å². The molecule has 0 bridgehead atoms. The lowest BCUT2D eigenvalue weighted by Gasteiger charge is -2.73. The highest BCUT2D eigenvalue weighted by Gasteiger charge is 2.71. The number of allylic oxidation sites excluding steroid dienone is 1. The van der Waals surface area contributed by atoms with Crippen LogP contribution in [0.15, 0.2) is 12.2 Å². The van der Waals surface area contributed by atoms with Crippen LogP contribution in [0.2, 0.25) is 0 Å². The van der Waals surface area contributed by atoms with E-state index < -0.39 is 11.4 Å². The van der Waals surface area contributed by atoms with Gasteiger partial charge in [0.2, 0.25) is 5.91 Å². The molecule has 0 spiro atoms. The van der Waals surface area contributed by atoms with Crippen molar-refractivity contribution in [2.24, 2.45) is 62.1 Å². The fourth-order valence-electron chi connectivity index (χ4n) is 14.8. The SMILES string of the molecule is C=C(C)[C@@H]1CC[C@]2(CC(=O)NCCCN3CCCC3)CC[C@]3(C)[C@H](CCC4[C@@]5(C)CC[C@H](OC(=O)CC(C)(C)CC(=O)O)C(C)(C)C5CC[C@]43C)[C@@H]12. The molecule has 5 aliphatic carbocycles. The maximum atomic E-state index is 13.7. The Kier molecular flexibility index (Phi) is 11.0. The monoisotopic (exact) mass is 723 g/mol. The predicted octanol–water partition coefficient (Wildman–Crippen LogP) is 9.44. The lowest BCUT2D eigenvalue weighted by molar-refractivity contribution is -0.250. The van der Waals surface area contributed by atoms with Gasteiger partial charge in [-0.1, -0.05) is 60.6 Å². The van der Waals surface area contributed by atoms with Crippen LogP contribution in [0.3, 0.4) is 0 Å². The number of hydrogen-bond donors (Lipinski definition) is 2. The zero-order valence-electron chi connectivity index (χ0n) is 34.3. The molecule has 6 rings (SSSR count). The highest BCUT2D eigenvalue weighted by molar-refractivity contribution is 5.77. The highest BCUT2D eigenvalue weighted by Crippen LogP contribution is 2.78. The lowest BCUT2D eigenvalue weighted by atomic mass is 9.32. The molecule has 1 saturated heterocycles. The normalized spacial score (nSPS) is 41.2. The van der Waals surface area contributed by atoms with Crippen molar-refractivity contribution in [2.75, 3.05) is 26.2 Å². The second-order valence-corrected chi connectivity index (χ2v) is 21.2. The van der Waals surface area contributed by atoms with Gasteiger partial charge in [-0.15, -0.1) is 0 Å². The summed E-state index contributed by atoms with van der Waals surface area (Å²) in [5.41, 5.74) is 1.22. The Morgan fingerprint density at radius 3 is 2.25 bits per heavy atom. The number of nitrogens with one attached hydrogen (secondary N) is 1. The maximum absolute atomic E-state index is 13.7. The molecular weight excluding hydrogens is 649 g/mol. The van der Waals surface area contributed by atoms with Gasteiger partial charge in [0.25, 0.3) is 0 Å². The summed E-state index contributed by atoms with van der Waals surface area (Å²) in [4.78, 5) is 40.9. The van der Waals surface area contributed by atoms with Gasteiger partial charge in [0, 0.05) is 18.4 Å². The van der Waals surface area contributed by atoms with Crippen molar-refractivity contribution >= 4 is 17.8 Å². The first-order valence-corrected chi connectivity index (χ1v) is 21.3. The van der Waals surface area contributed by atoms with Gasteiger partial charge in [-0.3, -0.25) is 14.4 Å². The van der Waals surface area contributed by atoms with Gasteiger partial charge in [0.05, 0.1) is 12.8 Å². The third-order valence-corrected chi connectivity index (χ3v) is 17.4. The van der Waals surface area contributed by atoms with E-state index >= 15 is 0 Å². The predicted molar refractivity (Wildman–Crippen MR) is 207 cm³/mol. The van der Waals surface area contributed by atoms with E-state index in [1.165, 1.54) is 63.6 Å². The first-order valence-electron chi connectivity index (χ1n) is 21.3. The van der Waals surface area contributed by atoms with Crippen LogP contribution in [0, 0.1) is 62.1 Å². The van der Waals surface area contributed by atoms with Gasteiger partial charge in [-0.25, -0.2) is 0 Å². The second kappa shape index (κ2) is 14.3. The highest BCUT2D eigenvalue weighted by atomic mass is 16.5. The van der Waals surface area contributed by atoms with Crippen LogP contribution in [-0.4, -0.2) is 60.1 Å². The summed E-state index contributed by atoms with van der Waals surface area (Å²) in [7, 11) is 0. The molecule has 2 unspecified atom stereocenters. The number of carbonyl (C=O) groups excluding carboxylic acids is 2. The van der Waals surface area contributed by atoms with E-state index in [-0.39, 0.29) is 57.9 Å². The van der Waals surface area contributed by atoms with E-state index in [1.54, 1.807) is 0 Å². The molecule has 2 N–H and O–H groups in total. The Morgan fingerprint density at radius 1 is 0.865 bits per heavy atom. The maximum Gasteiger partial charge on any atom is 0.306 e. The summed E-state index contributed by atoms with van der Waals surface area (Å²) in [6.45, 7) is 27.4. The van der Waals surface area contributed by atoms with Crippen LogP contribution in [-0.2, 0) is 19.1 Å². The van der Waals surface area contributed by atoms with Crippen molar-refractivity contribution in [3.8, 4) is 0 Å². The largest absolute Gasteiger partial charge is 0.481 e. The van der Waals surface area contributed by atoms with Gasteiger partial charge in [0.15, 0.2) is 0 Å². The van der Waals surface area contributed by atoms with Gasteiger partial charge in [-0.2, -0.15) is 0 Å². The molecule has 5 saturated carbocycles. The quantitative estimate of drug-likeness (QED) is 0.118. The van der Waals surface area contributed by atoms with Crippen molar-refractivity contribution in [3.05, 3.63) is 12.2 Å². The first-order chi connectivity index (χ1) is 24.3. The Bertz CT molecular complexity index is 1380. The van der Waals surface area contributed by atoms with Gasteiger partial charge < -0.3 is 20.1 Å². The third kappa shape index (κ3) is 6.93. The minimum absolute atomic E-state index is 0.0435. The van der Waals surface area contributed by atoms with Gasteiger partial charge in [0.1, 0.15) is 6.10 Å². The standard InChI is InChI=1S/C45H74N2O5/c1-30(2)31-15-20-45(27-36(48)46-23-12-26-47-24-10-11-25-47)22-21-43(8)32(39(31)45)13-14-34-42(7)18-17-35(41(5,6)33(42)16-19-44(34,43)9)52-38(51)29-40(3,4)28-37(49)50/h31-35,39H,1,10-29H2,2-9H3,(H,46,48)(H,49,50)/t31-,32+,33?,34?,35-,39+,42-,43+,44+,45+/m0/s1. The van der Waals surface area contributed by atoms with E-state index in [2.05, 4.69) is 58.3 Å². The lowest BCUT2D eigenvalue weighted by Crippen LogP contribution is -2.67. The van der Waals surface area contributed by atoms with Gasteiger partial charge >= 0.3 is 11.9 Å². The summed E-state index contributed by atoms with van der Waals surface area (Å²) < 4.78 is 6.29. The van der Waals surface area contributed by atoms with Gasteiger partial charge in [-0.05, 0) is 167 Å². The molecule has 6 fully saturated rings. The molecule has 1 aliphatic heterocycles. The second-order valence-electron chi connectivity index (χ2n) is 21.2. The number of carboxylic acids is 1. The summed E-state index contributed by atoms with van der Waals surface area (Å²) in [6.07, 6.45) is 15.8.